The van der Waals surface area contributed by atoms with Crippen molar-refractivity contribution in [2.75, 3.05) is 12.5 Å². The highest BCUT2D eigenvalue weighted by Gasteiger charge is 2.16. The number of aromatic carboxylic acids is 1. The number of hydrazine groups is 2. The molecule has 0 unspecified atom stereocenters. The van der Waals surface area contributed by atoms with Gasteiger partial charge in [0.15, 0.2) is 0 Å². The molecule has 0 fully saturated rings. The highest BCUT2D eigenvalue weighted by molar-refractivity contribution is 5.94. The molecule has 0 spiro atoms. The van der Waals surface area contributed by atoms with Crippen LogP contribution >= 0.6 is 0 Å². The van der Waals surface area contributed by atoms with E-state index in [1.165, 1.54) is 24.2 Å². The zero-order chi connectivity index (χ0) is 13.0. The average molecular weight is 250 g/mol. The van der Waals surface area contributed by atoms with Gasteiger partial charge in [0, 0.05) is 16.5 Å². The highest BCUT2D eigenvalue weighted by Crippen LogP contribution is 2.21. The van der Waals surface area contributed by atoms with E-state index in [1.54, 1.807) is 24.4 Å². The largest absolute Gasteiger partial charge is 0.497 e. The van der Waals surface area contributed by atoms with Gasteiger partial charge in [0.05, 0.1) is 12.7 Å². The van der Waals surface area contributed by atoms with Crippen molar-refractivity contribution in [2.24, 2.45) is 0 Å². The summed E-state index contributed by atoms with van der Waals surface area (Å²) in [7, 11) is 1.48. The first-order valence-electron chi connectivity index (χ1n) is 5.09. The summed E-state index contributed by atoms with van der Waals surface area (Å²) in [6.45, 7) is 0. The van der Waals surface area contributed by atoms with Crippen LogP contribution in [-0.2, 0) is 4.84 Å². The Labute approximate surface area is 103 Å². The van der Waals surface area contributed by atoms with E-state index in [2.05, 4.69) is 11.0 Å². The van der Waals surface area contributed by atoms with E-state index < -0.39 is 5.97 Å². The van der Waals surface area contributed by atoms with Gasteiger partial charge in [-0.05, 0) is 18.2 Å². The van der Waals surface area contributed by atoms with Crippen LogP contribution in [0, 0.1) is 0 Å². The number of allylic oxidation sites excluding steroid dienone is 1. The molecule has 18 heavy (non-hydrogen) atoms. The van der Waals surface area contributed by atoms with E-state index in [1.807, 2.05) is 0 Å². The van der Waals surface area contributed by atoms with Crippen LogP contribution in [0.5, 0.6) is 5.75 Å². The Bertz CT molecular complexity index is 525. The van der Waals surface area contributed by atoms with Crippen LogP contribution in [0.4, 0.5) is 5.69 Å². The summed E-state index contributed by atoms with van der Waals surface area (Å²) in [6, 6.07) is 4.71. The lowest BCUT2D eigenvalue weighted by Crippen LogP contribution is -2.35. The van der Waals surface area contributed by atoms with E-state index >= 15 is 0 Å². The maximum Gasteiger partial charge on any atom is 0.338 e. The summed E-state index contributed by atoms with van der Waals surface area (Å²) < 4.78 is 4.99. The molecule has 1 aliphatic rings. The number of nitrogens with one attached hydrogen (secondary N) is 2. The maximum absolute atomic E-state index is 11.1. The Hall–Kier alpha value is -2.70. The lowest BCUT2D eigenvalue weighted by molar-refractivity contribution is -0.610. The van der Waals surface area contributed by atoms with Crippen LogP contribution < -0.4 is 15.8 Å². The van der Waals surface area contributed by atoms with Crippen LogP contribution in [0.2, 0.25) is 0 Å². The summed E-state index contributed by atoms with van der Waals surface area (Å²) in [6.07, 6.45) is 4.73. The second-order valence-electron chi connectivity index (χ2n) is 3.39. The van der Waals surface area contributed by atoms with Gasteiger partial charge in [-0.15, -0.1) is 5.43 Å². The average Bonchev–Trinajstić information content (AvgIpc) is 2.40. The van der Waals surface area contributed by atoms with E-state index in [9.17, 15) is 4.79 Å². The molecular weight excluding hydrogens is 238 g/mol. The first-order chi connectivity index (χ1) is 8.70. The fraction of sp³-hybridized carbons (Fsp3) is 0.0909. The van der Waals surface area contributed by atoms with Crippen molar-refractivity contribution in [2.45, 2.75) is 0 Å². The number of carbonyl (C=O) groups is 1. The number of hydrogen-bond donors (Lipinski definition) is 3. The van der Waals surface area contributed by atoms with Gasteiger partial charge in [0.1, 0.15) is 17.7 Å². The zero-order valence-electron chi connectivity index (χ0n) is 9.58. The van der Waals surface area contributed by atoms with Gasteiger partial charge in [0.25, 0.3) is 0 Å². The molecule has 1 aromatic carbocycles. The molecule has 0 bridgehead atoms. The monoisotopic (exact) mass is 250 g/mol. The predicted octanol–water partition coefficient (Wildman–Crippen LogP) is 0.767. The minimum atomic E-state index is -1.05. The molecule has 0 amide bonds. The Kier molecular flexibility index (Phi) is 3.33. The number of rotatable bonds is 4. The molecule has 0 atom stereocenters. The summed E-state index contributed by atoms with van der Waals surface area (Å²) >= 11 is 0. The molecular formula is C11H12N3O4+. The van der Waals surface area contributed by atoms with Crippen LogP contribution in [0.15, 0.2) is 30.5 Å². The molecule has 1 aliphatic heterocycles. The normalized spacial score (nSPS) is 13.1. The van der Waals surface area contributed by atoms with Crippen LogP contribution in [0.1, 0.15) is 10.4 Å². The topological polar surface area (TPSA) is 82.8 Å². The van der Waals surface area contributed by atoms with Gasteiger partial charge in [-0.1, -0.05) is 0 Å². The quantitative estimate of drug-likeness (QED) is 0.684. The molecule has 0 saturated heterocycles. The molecule has 7 heteroatoms. The Morgan fingerprint density at radius 3 is 3.00 bits per heavy atom. The summed E-state index contributed by atoms with van der Waals surface area (Å²) in [5.41, 5.74) is 5.86. The second kappa shape index (κ2) is 5.09. The molecule has 3 N–H and O–H groups in total. The summed E-state index contributed by atoms with van der Waals surface area (Å²) in [5, 5.41) is 9.13. The minimum Gasteiger partial charge on any atom is -0.497 e. The van der Waals surface area contributed by atoms with Gasteiger partial charge in [-0.3, -0.25) is 0 Å². The zero-order valence-corrected chi connectivity index (χ0v) is 9.58. The standard InChI is InChI=1S/C11H11N3O4/c1-17-8-3-4-10(9(7-8)11(15)16)12-14-5-2-6-18-13-14/h2-7,12-13H,1H3/p+1. The molecule has 7 nitrogen and oxygen atoms in total. The third-order valence-corrected chi connectivity index (χ3v) is 2.23. The number of hydrazone groups is 2. The third-order valence-electron chi connectivity index (χ3n) is 2.23. The molecule has 0 aromatic heterocycles. The van der Waals surface area contributed by atoms with Gasteiger partial charge >= 0.3 is 5.97 Å². The van der Waals surface area contributed by atoms with E-state index in [-0.39, 0.29) is 5.56 Å². The van der Waals surface area contributed by atoms with Crippen LogP contribution in [0.25, 0.3) is 0 Å². The molecule has 2 rings (SSSR count). The van der Waals surface area contributed by atoms with Gasteiger partial charge in [-0.2, -0.15) is 0 Å². The Morgan fingerprint density at radius 1 is 1.56 bits per heavy atom. The first kappa shape index (κ1) is 11.8. The van der Waals surface area contributed by atoms with Crippen LogP contribution in [-0.4, -0.2) is 29.2 Å². The number of carboxylic acids is 1. The molecule has 1 aromatic rings. The van der Waals surface area contributed by atoms with E-state index in [0.717, 1.165) is 0 Å². The fourth-order valence-electron chi connectivity index (χ4n) is 1.39. The molecule has 94 valence electrons. The lowest BCUT2D eigenvalue weighted by atomic mass is 10.2. The van der Waals surface area contributed by atoms with Crippen molar-refractivity contribution >= 4 is 17.9 Å². The number of nitrogens with zero attached hydrogens (tertiary/aromatic N) is 1. The highest BCUT2D eigenvalue weighted by atomic mass is 16.7. The number of benzene rings is 1. The van der Waals surface area contributed by atoms with Gasteiger partial charge in [0.2, 0.25) is 6.21 Å². The third kappa shape index (κ3) is 2.51. The number of hydrogen-bond acceptors (Lipinski definition) is 5. The van der Waals surface area contributed by atoms with Crippen molar-refractivity contribution in [1.29, 1.82) is 0 Å². The molecule has 0 saturated carbocycles. The van der Waals surface area contributed by atoms with Gasteiger partial charge < -0.3 is 14.7 Å². The van der Waals surface area contributed by atoms with Crippen molar-refractivity contribution in [1.82, 2.24) is 5.59 Å². The van der Waals surface area contributed by atoms with Crippen molar-refractivity contribution in [3.8, 4) is 5.75 Å². The number of ether oxygens (including phenoxy) is 1. The summed E-state index contributed by atoms with van der Waals surface area (Å²) in [5.74, 6) is -0.574. The Balaban J connectivity index is 2.29. The second-order valence-corrected chi connectivity index (χ2v) is 3.39. The van der Waals surface area contributed by atoms with E-state index in [4.69, 9.17) is 14.7 Å². The number of anilines is 1. The predicted molar refractivity (Wildman–Crippen MR) is 63.3 cm³/mol. The molecule has 0 aliphatic carbocycles. The van der Waals surface area contributed by atoms with Crippen LogP contribution in [0.3, 0.4) is 0 Å². The van der Waals surface area contributed by atoms with Crippen molar-refractivity contribution in [3.05, 3.63) is 36.1 Å². The fourth-order valence-corrected chi connectivity index (χ4v) is 1.39. The summed E-state index contributed by atoms with van der Waals surface area (Å²) in [4.78, 5) is 17.4. The van der Waals surface area contributed by atoms with Gasteiger partial charge in [-0.25, -0.2) is 4.79 Å². The SMILES string of the molecule is COc1ccc(N[N+]2=CC=CON2)c(C(=O)O)c1. The molecule has 1 heterocycles. The van der Waals surface area contributed by atoms with Crippen molar-refractivity contribution < 1.29 is 24.3 Å². The Morgan fingerprint density at radius 2 is 2.39 bits per heavy atom. The first-order valence-corrected chi connectivity index (χ1v) is 5.09. The minimum absolute atomic E-state index is 0.0964. The maximum atomic E-state index is 11.1. The van der Waals surface area contributed by atoms with Crippen molar-refractivity contribution in [3.63, 3.8) is 0 Å². The molecule has 0 radical (unpaired) electrons. The smallest absolute Gasteiger partial charge is 0.338 e. The van der Waals surface area contributed by atoms with E-state index in [0.29, 0.717) is 11.4 Å². The number of methoxy groups -OCH3 is 1. The number of carboxylic acid groups (broad SMARTS) is 1. The lowest BCUT2D eigenvalue weighted by Gasteiger charge is -2.09.